The third-order valence-electron chi connectivity index (χ3n) is 6.19. The molecule has 0 amide bonds. The van der Waals surface area contributed by atoms with Crippen molar-refractivity contribution in [3.63, 3.8) is 0 Å². The highest BCUT2D eigenvalue weighted by atomic mass is 16.1. The highest BCUT2D eigenvalue weighted by molar-refractivity contribution is 6.12. The Labute approximate surface area is 157 Å². The van der Waals surface area contributed by atoms with Crippen LogP contribution in [0, 0.1) is 41.5 Å². The van der Waals surface area contributed by atoms with Crippen molar-refractivity contribution in [1.82, 2.24) is 0 Å². The van der Waals surface area contributed by atoms with Crippen molar-refractivity contribution in [1.29, 1.82) is 0 Å². The van der Waals surface area contributed by atoms with E-state index >= 15 is 0 Å². The van der Waals surface area contributed by atoms with Gasteiger partial charge in [0.1, 0.15) is 5.78 Å². The van der Waals surface area contributed by atoms with Crippen LogP contribution >= 0.6 is 0 Å². The van der Waals surface area contributed by atoms with Gasteiger partial charge in [-0.25, -0.2) is 0 Å². The van der Waals surface area contributed by atoms with Gasteiger partial charge in [-0.2, -0.15) is 0 Å². The Morgan fingerprint density at radius 2 is 1.31 bits per heavy atom. The fourth-order valence-electron chi connectivity index (χ4n) is 3.58. The Hall–Kier alpha value is -2.22. The number of carbonyl (C=O) groups is 2. The van der Waals surface area contributed by atoms with E-state index in [1.807, 2.05) is 59.7 Å². The van der Waals surface area contributed by atoms with Gasteiger partial charge in [-0.15, -0.1) is 0 Å². The molecule has 138 valence electrons. The smallest absolute Gasteiger partial charge is 0.193 e. The lowest BCUT2D eigenvalue weighted by molar-refractivity contribution is -0.121. The van der Waals surface area contributed by atoms with E-state index in [-0.39, 0.29) is 11.6 Å². The maximum absolute atomic E-state index is 13.5. The zero-order valence-electron chi connectivity index (χ0n) is 17.5. The molecule has 2 aromatic rings. The molecular weight excluding hydrogens is 320 g/mol. The molecule has 2 rings (SSSR count). The number of ketones is 2. The first-order valence-electron chi connectivity index (χ1n) is 9.15. The zero-order chi connectivity index (χ0) is 20.0. The van der Waals surface area contributed by atoms with Crippen molar-refractivity contribution in [3.05, 3.63) is 68.3 Å². The standard InChI is InChI=1S/C24H30O2/c1-13-10-11-20(12-14(13)2)23(26)21-17(5)15(3)16(4)18(6)22(21)24(8,9)19(7)25/h10-12H,1-9H3. The zero-order valence-corrected chi connectivity index (χ0v) is 17.5. The van der Waals surface area contributed by atoms with Crippen LogP contribution in [0.25, 0.3) is 0 Å². The molecule has 0 aliphatic heterocycles. The van der Waals surface area contributed by atoms with Gasteiger partial charge in [-0.05, 0) is 107 Å². The summed E-state index contributed by atoms with van der Waals surface area (Å²) in [6.07, 6.45) is 0. The number of hydrogen-bond acceptors (Lipinski definition) is 2. The minimum Gasteiger partial charge on any atom is -0.299 e. The lowest BCUT2D eigenvalue weighted by Crippen LogP contribution is -2.31. The minimum absolute atomic E-state index is 0.00104. The van der Waals surface area contributed by atoms with Crippen LogP contribution in [0.1, 0.15) is 75.6 Å². The number of carbonyl (C=O) groups excluding carboxylic acids is 2. The Bertz CT molecular complexity index is 915. The minimum atomic E-state index is -0.710. The second-order valence-corrected chi connectivity index (χ2v) is 8.06. The topological polar surface area (TPSA) is 34.1 Å². The van der Waals surface area contributed by atoms with Crippen LogP contribution in [0.5, 0.6) is 0 Å². The van der Waals surface area contributed by atoms with Gasteiger partial charge in [-0.3, -0.25) is 9.59 Å². The summed E-state index contributed by atoms with van der Waals surface area (Å²) in [4.78, 5) is 25.9. The van der Waals surface area contributed by atoms with E-state index in [4.69, 9.17) is 0 Å². The highest BCUT2D eigenvalue weighted by Crippen LogP contribution is 2.37. The average molecular weight is 351 g/mol. The van der Waals surface area contributed by atoms with Crippen molar-refractivity contribution in [2.24, 2.45) is 0 Å². The van der Waals surface area contributed by atoms with Gasteiger partial charge in [-0.1, -0.05) is 12.1 Å². The van der Waals surface area contributed by atoms with Crippen LogP contribution in [-0.2, 0) is 10.2 Å². The monoisotopic (exact) mass is 350 g/mol. The maximum atomic E-state index is 13.5. The average Bonchev–Trinajstić information content (AvgIpc) is 2.57. The summed E-state index contributed by atoms with van der Waals surface area (Å²) in [5, 5.41) is 0. The molecule has 0 spiro atoms. The Kier molecular flexibility index (Phi) is 5.28. The first-order chi connectivity index (χ1) is 11.9. The van der Waals surface area contributed by atoms with Crippen molar-refractivity contribution >= 4 is 11.6 Å². The van der Waals surface area contributed by atoms with Crippen LogP contribution in [0.2, 0.25) is 0 Å². The van der Waals surface area contributed by atoms with Crippen LogP contribution in [0.3, 0.4) is 0 Å². The van der Waals surface area contributed by atoms with Gasteiger partial charge in [0.2, 0.25) is 0 Å². The largest absolute Gasteiger partial charge is 0.299 e. The maximum Gasteiger partial charge on any atom is 0.193 e. The Balaban J connectivity index is 2.88. The van der Waals surface area contributed by atoms with Gasteiger partial charge in [0.25, 0.3) is 0 Å². The van der Waals surface area contributed by atoms with E-state index in [1.165, 1.54) is 5.56 Å². The van der Waals surface area contributed by atoms with Crippen molar-refractivity contribution in [2.75, 3.05) is 0 Å². The molecule has 0 aliphatic rings. The molecule has 0 saturated heterocycles. The van der Waals surface area contributed by atoms with Crippen molar-refractivity contribution < 1.29 is 9.59 Å². The summed E-state index contributed by atoms with van der Waals surface area (Å²) in [6.45, 7) is 17.7. The predicted octanol–water partition coefficient (Wildman–Crippen LogP) is 5.63. The second kappa shape index (κ2) is 6.83. The van der Waals surface area contributed by atoms with Crippen LogP contribution in [-0.4, -0.2) is 11.6 Å². The third-order valence-corrected chi connectivity index (χ3v) is 6.19. The molecule has 2 nitrogen and oxygen atoms in total. The van der Waals surface area contributed by atoms with Crippen molar-refractivity contribution in [2.45, 2.75) is 67.7 Å². The molecule has 0 unspecified atom stereocenters. The molecule has 2 heteroatoms. The highest BCUT2D eigenvalue weighted by Gasteiger charge is 2.34. The summed E-state index contributed by atoms with van der Waals surface area (Å²) in [6, 6.07) is 5.83. The number of aryl methyl sites for hydroxylation is 2. The third kappa shape index (κ3) is 3.13. The van der Waals surface area contributed by atoms with Gasteiger partial charge in [0.15, 0.2) is 5.78 Å². The molecule has 0 N–H and O–H groups in total. The van der Waals surface area contributed by atoms with Gasteiger partial charge in [0, 0.05) is 16.5 Å². The Morgan fingerprint density at radius 3 is 1.81 bits per heavy atom. The number of hydrogen-bond donors (Lipinski definition) is 0. The number of rotatable bonds is 4. The summed E-state index contributed by atoms with van der Waals surface area (Å²) in [5.41, 5.74) is 8.09. The summed E-state index contributed by atoms with van der Waals surface area (Å²) in [5.74, 6) is 0.0681. The molecule has 0 atom stereocenters. The summed E-state index contributed by atoms with van der Waals surface area (Å²) < 4.78 is 0. The fourth-order valence-corrected chi connectivity index (χ4v) is 3.58. The van der Waals surface area contributed by atoms with E-state index in [1.54, 1.807) is 6.92 Å². The quantitative estimate of drug-likeness (QED) is 0.669. The van der Waals surface area contributed by atoms with Crippen LogP contribution < -0.4 is 0 Å². The lowest BCUT2D eigenvalue weighted by Gasteiger charge is -2.30. The van der Waals surface area contributed by atoms with Crippen LogP contribution in [0.4, 0.5) is 0 Å². The SMILES string of the molecule is CC(=O)C(C)(C)c1c(C)c(C)c(C)c(C)c1C(=O)c1ccc(C)c(C)c1. The number of benzene rings is 2. The molecular formula is C24H30O2. The molecule has 0 aromatic heterocycles. The van der Waals surface area contributed by atoms with E-state index in [0.717, 1.165) is 33.4 Å². The Morgan fingerprint density at radius 1 is 0.769 bits per heavy atom. The molecule has 2 aromatic carbocycles. The first-order valence-corrected chi connectivity index (χ1v) is 9.15. The molecule has 0 bridgehead atoms. The molecule has 0 aliphatic carbocycles. The van der Waals surface area contributed by atoms with Gasteiger partial charge in [0.05, 0.1) is 0 Å². The normalized spacial score (nSPS) is 11.6. The van der Waals surface area contributed by atoms with E-state index in [2.05, 4.69) is 13.8 Å². The molecule has 0 radical (unpaired) electrons. The predicted molar refractivity (Wildman–Crippen MR) is 108 cm³/mol. The van der Waals surface area contributed by atoms with E-state index in [0.29, 0.717) is 11.1 Å². The van der Waals surface area contributed by atoms with Crippen molar-refractivity contribution in [3.8, 4) is 0 Å². The molecule has 0 saturated carbocycles. The second-order valence-electron chi connectivity index (χ2n) is 8.06. The number of Topliss-reactive ketones (excluding diaryl/α,β-unsaturated/α-hetero) is 1. The first kappa shape index (κ1) is 20.1. The molecule has 0 heterocycles. The molecule has 0 fully saturated rings. The fraction of sp³-hybridized carbons (Fsp3) is 0.417. The summed E-state index contributed by atoms with van der Waals surface area (Å²) >= 11 is 0. The van der Waals surface area contributed by atoms with E-state index in [9.17, 15) is 9.59 Å². The van der Waals surface area contributed by atoms with Gasteiger partial charge >= 0.3 is 0 Å². The molecule has 26 heavy (non-hydrogen) atoms. The van der Waals surface area contributed by atoms with E-state index < -0.39 is 5.41 Å². The lowest BCUT2D eigenvalue weighted by atomic mass is 9.72. The van der Waals surface area contributed by atoms with Gasteiger partial charge < -0.3 is 0 Å². The van der Waals surface area contributed by atoms with Crippen LogP contribution in [0.15, 0.2) is 18.2 Å². The summed E-state index contributed by atoms with van der Waals surface area (Å²) in [7, 11) is 0.